The van der Waals surface area contributed by atoms with Gasteiger partial charge in [0, 0.05) is 37.4 Å². The Kier molecular flexibility index (Phi) is 7.50. The Hall–Kier alpha value is -3.65. The molecule has 10 heteroatoms. The van der Waals surface area contributed by atoms with Gasteiger partial charge in [-0.1, -0.05) is 66.2 Å². The van der Waals surface area contributed by atoms with Gasteiger partial charge in [0.25, 0.3) is 0 Å². The van der Waals surface area contributed by atoms with Crippen molar-refractivity contribution in [2.45, 2.75) is 21.6 Å². The van der Waals surface area contributed by atoms with Crippen molar-refractivity contribution in [3.63, 3.8) is 0 Å². The van der Waals surface area contributed by atoms with Crippen molar-refractivity contribution >= 4 is 56.0 Å². The molecular weight excluding hydrogens is 609 g/mol. The summed E-state index contributed by atoms with van der Waals surface area (Å²) >= 11 is 1.84. The summed E-state index contributed by atoms with van der Waals surface area (Å²) in [6.45, 7) is 2.12. The molecule has 0 aliphatic rings. The Balaban J connectivity index is 0.000000451. The number of hydrogen-bond donors (Lipinski definition) is 0. The van der Waals surface area contributed by atoms with Gasteiger partial charge in [0.05, 0.1) is 10.9 Å². The first-order chi connectivity index (χ1) is 19.6. The predicted molar refractivity (Wildman–Crippen MR) is 163 cm³/mol. The Morgan fingerprint density at radius 2 is 1.05 bits per heavy atom. The van der Waals surface area contributed by atoms with Gasteiger partial charge in [0.1, 0.15) is 0 Å². The third-order valence-corrected chi connectivity index (χ3v) is 9.59. The van der Waals surface area contributed by atoms with Crippen LogP contribution >= 0.6 is 19.1 Å². The number of rotatable bonds is 5. The van der Waals surface area contributed by atoms with Gasteiger partial charge < -0.3 is 0 Å². The molecule has 1 heterocycles. The number of halogens is 6. The summed E-state index contributed by atoms with van der Waals surface area (Å²) in [4.78, 5) is 16.7. The molecule has 0 saturated carbocycles. The minimum absolute atomic E-state index is 0.0542. The molecule has 1 unspecified atom stereocenters. The standard InChI is InChI=1S/C32H23OS2.F6P/c1-22-11-15-25(16-12-22)35(26-17-13-24(14-18-26)32(33)23-7-3-2-4-8-23)27-19-20-31-29(21-27)28-9-5-6-10-30(28)34-31;1-7(2,3,4,5)6/h2-21H,1H3;/q+1;-1. The maximum atomic E-state index is 12.9. The van der Waals surface area contributed by atoms with Gasteiger partial charge in [-0.3, -0.25) is 4.79 Å². The van der Waals surface area contributed by atoms with Crippen LogP contribution in [0.3, 0.4) is 0 Å². The molecule has 0 spiro atoms. The van der Waals surface area contributed by atoms with Crippen LogP contribution in [-0.2, 0) is 10.9 Å². The number of hydrogen-bond acceptors (Lipinski definition) is 2. The number of carbonyl (C=O) groups is 1. The first kappa shape index (κ1) is 29.8. The van der Waals surface area contributed by atoms with E-state index in [9.17, 15) is 30.0 Å². The van der Waals surface area contributed by atoms with Gasteiger partial charge in [-0.25, -0.2) is 0 Å². The van der Waals surface area contributed by atoms with Crippen molar-refractivity contribution < 1.29 is 30.0 Å². The van der Waals surface area contributed by atoms with E-state index in [1.54, 1.807) is 0 Å². The summed E-state index contributed by atoms with van der Waals surface area (Å²) in [6, 6.07) is 42.0. The molecule has 6 aromatic rings. The predicted octanol–water partition coefficient (Wildman–Crippen LogP) is 12.1. The van der Waals surface area contributed by atoms with Crippen LogP contribution in [0.4, 0.5) is 25.2 Å². The average molecular weight is 633 g/mol. The monoisotopic (exact) mass is 632 g/mol. The number of benzene rings is 5. The van der Waals surface area contributed by atoms with E-state index in [0.29, 0.717) is 11.1 Å². The summed E-state index contributed by atoms with van der Waals surface area (Å²) < 4.78 is 61.8. The van der Waals surface area contributed by atoms with Crippen LogP contribution in [0, 0.1) is 6.92 Å². The zero-order valence-electron chi connectivity index (χ0n) is 22.0. The topological polar surface area (TPSA) is 17.1 Å². The van der Waals surface area contributed by atoms with Crippen molar-refractivity contribution in [1.82, 2.24) is 0 Å². The number of ketones is 1. The van der Waals surface area contributed by atoms with Crippen molar-refractivity contribution in [2.24, 2.45) is 0 Å². The van der Waals surface area contributed by atoms with Crippen LogP contribution in [-0.4, -0.2) is 5.78 Å². The third-order valence-electron chi connectivity index (χ3n) is 6.23. The Labute approximate surface area is 245 Å². The Morgan fingerprint density at radius 1 is 0.571 bits per heavy atom. The van der Waals surface area contributed by atoms with Crippen molar-refractivity contribution in [1.29, 1.82) is 0 Å². The number of fused-ring (bicyclic) bond motifs is 3. The van der Waals surface area contributed by atoms with Gasteiger partial charge in [-0.2, -0.15) is 0 Å². The molecule has 0 saturated heterocycles. The summed E-state index contributed by atoms with van der Waals surface area (Å²) in [5, 5.41) is 2.62. The molecule has 0 amide bonds. The SMILES string of the molecule is Cc1ccc([S+](c2ccc(C(=O)c3ccccc3)cc2)c2ccc3sc4ccccc4c3c2)cc1.F[P-](F)(F)(F)(F)F. The molecule has 0 aliphatic heterocycles. The average Bonchev–Trinajstić information content (AvgIpc) is 3.31. The van der Waals surface area contributed by atoms with E-state index in [2.05, 4.69) is 85.8 Å². The van der Waals surface area contributed by atoms with Crippen molar-refractivity contribution in [3.05, 3.63) is 138 Å². The van der Waals surface area contributed by atoms with E-state index in [0.717, 1.165) is 0 Å². The Bertz CT molecular complexity index is 1870. The molecule has 1 nitrogen and oxygen atoms in total. The normalized spacial score (nSPS) is 14.0. The number of aryl methyl sites for hydroxylation is 1. The van der Waals surface area contributed by atoms with Crippen LogP contribution < -0.4 is 0 Å². The summed E-state index contributed by atoms with van der Waals surface area (Å²) in [7, 11) is -10.9. The number of carbonyl (C=O) groups excluding carboxylic acids is 1. The van der Waals surface area contributed by atoms with Crippen molar-refractivity contribution in [3.8, 4) is 0 Å². The first-order valence-electron chi connectivity index (χ1n) is 12.6. The third kappa shape index (κ3) is 7.79. The van der Waals surface area contributed by atoms with Crippen LogP contribution in [0.2, 0.25) is 0 Å². The van der Waals surface area contributed by atoms with Crippen LogP contribution in [0.25, 0.3) is 20.2 Å². The molecule has 0 fully saturated rings. The molecule has 0 aliphatic carbocycles. The zero-order chi connectivity index (χ0) is 30.2. The molecule has 5 aromatic carbocycles. The van der Waals surface area contributed by atoms with E-state index < -0.39 is 7.81 Å². The van der Waals surface area contributed by atoms with Crippen LogP contribution in [0.5, 0.6) is 0 Å². The quantitative estimate of drug-likeness (QED) is 0.0800. The molecule has 0 N–H and O–H groups in total. The molecule has 42 heavy (non-hydrogen) atoms. The van der Waals surface area contributed by atoms with E-state index in [1.165, 1.54) is 40.4 Å². The van der Waals surface area contributed by atoms with Crippen LogP contribution in [0.15, 0.2) is 136 Å². The molecule has 6 rings (SSSR count). The van der Waals surface area contributed by atoms with E-state index in [-0.39, 0.29) is 16.7 Å². The van der Waals surface area contributed by atoms with E-state index in [1.807, 2.05) is 53.8 Å². The van der Waals surface area contributed by atoms with E-state index >= 15 is 0 Å². The Morgan fingerprint density at radius 3 is 1.67 bits per heavy atom. The second-order valence-corrected chi connectivity index (χ2v) is 14.6. The van der Waals surface area contributed by atoms with Gasteiger partial charge in [0.15, 0.2) is 20.5 Å². The van der Waals surface area contributed by atoms with Gasteiger partial charge in [-0.05, 0) is 61.5 Å². The van der Waals surface area contributed by atoms with Gasteiger partial charge in [0.2, 0.25) is 0 Å². The second kappa shape index (κ2) is 10.6. The fourth-order valence-electron chi connectivity index (χ4n) is 4.41. The fourth-order valence-corrected chi connectivity index (χ4v) is 7.57. The molecule has 216 valence electrons. The zero-order valence-corrected chi connectivity index (χ0v) is 24.5. The summed E-state index contributed by atoms with van der Waals surface area (Å²) in [5.41, 5.74) is 2.68. The molecule has 1 aromatic heterocycles. The fraction of sp³-hybridized carbons (Fsp3) is 0.0312. The van der Waals surface area contributed by atoms with Gasteiger partial charge in [-0.15, -0.1) is 11.3 Å². The molecular formula is C32H23F6OPS2. The number of thiophene rings is 1. The van der Waals surface area contributed by atoms with E-state index in [4.69, 9.17) is 0 Å². The molecule has 0 bridgehead atoms. The minimum atomic E-state index is -10.7. The summed E-state index contributed by atoms with van der Waals surface area (Å²) in [6.07, 6.45) is 0. The van der Waals surface area contributed by atoms with Crippen LogP contribution in [0.1, 0.15) is 21.5 Å². The molecule has 0 radical (unpaired) electrons. The van der Waals surface area contributed by atoms with Crippen molar-refractivity contribution in [2.75, 3.05) is 0 Å². The second-order valence-electron chi connectivity index (χ2n) is 9.55. The van der Waals surface area contributed by atoms with Gasteiger partial charge >= 0.3 is 33.0 Å². The molecule has 1 atom stereocenters. The summed E-state index contributed by atoms with van der Waals surface area (Å²) in [5.74, 6) is 0.0542. The maximum absolute atomic E-state index is 12.9. The first-order valence-corrected chi connectivity index (χ1v) is 16.7.